The van der Waals surface area contributed by atoms with Gasteiger partial charge in [-0.3, -0.25) is 0 Å². The normalized spacial score (nSPS) is 12.2. The Labute approximate surface area is 710 Å². The molecule has 0 bridgehead atoms. The molecule has 2 aromatic rings. The molecule has 2 nitrogen and oxygen atoms in total. The largest absolute Gasteiger partial charge is 2.00 e. The van der Waals surface area contributed by atoms with Gasteiger partial charge < -0.3 is 19.4 Å². The van der Waals surface area contributed by atoms with E-state index in [0.29, 0.717) is 0 Å². The summed E-state index contributed by atoms with van der Waals surface area (Å²) in [6.07, 6.45) is 112. The van der Waals surface area contributed by atoms with Crippen molar-refractivity contribution in [1.82, 2.24) is 0 Å². The van der Waals surface area contributed by atoms with E-state index in [1.54, 1.807) is 4.70 Å². The molecule has 0 aromatic heterocycles. The van der Waals surface area contributed by atoms with Gasteiger partial charge in [0, 0.05) is 22.3 Å². The molecule has 2 aromatic carbocycles. The number of nitrogens with zero attached hydrogens (tertiary/aromatic N) is 2. The summed E-state index contributed by atoms with van der Waals surface area (Å²) in [4.78, 5) is 0. The Hall–Kier alpha value is -1.99. The van der Waals surface area contributed by atoms with E-state index in [-0.39, 0.29) is 16.5 Å². The van der Waals surface area contributed by atoms with Gasteiger partial charge in [-0.2, -0.15) is 12.8 Å². The van der Waals surface area contributed by atoms with E-state index in [2.05, 4.69) is 106 Å². The molecule has 0 atom stereocenters. The van der Waals surface area contributed by atoms with E-state index in [0.717, 1.165) is 62.8 Å². The molecule has 111 heavy (non-hydrogen) atoms. The fourth-order valence-electron chi connectivity index (χ4n) is 17.3. The van der Waals surface area contributed by atoms with E-state index < -0.39 is 0 Å². The minimum absolute atomic E-state index is 0. The number of rotatable bonds is 82. The van der Waals surface area contributed by atoms with Crippen LogP contribution in [0.5, 0.6) is 0 Å². The monoisotopic (exact) mass is 1580 g/mol. The summed E-state index contributed by atoms with van der Waals surface area (Å²) in [7, 11) is 0. The molecule has 650 valence electrons. The van der Waals surface area contributed by atoms with Gasteiger partial charge in [0.05, 0.1) is 0 Å². The third kappa shape index (κ3) is 65.6. The van der Waals surface area contributed by atoms with Crippen LogP contribution in [-0.4, -0.2) is 4.70 Å². The van der Waals surface area contributed by atoms with Crippen LogP contribution in [0.15, 0.2) is 47.5 Å². The van der Waals surface area contributed by atoms with Gasteiger partial charge in [-0.15, -0.1) is 0 Å². The molecule has 0 saturated heterocycles. The van der Waals surface area contributed by atoms with Crippen LogP contribution in [0.4, 0.5) is 0 Å². The molecule has 3 rings (SSSR count). The Morgan fingerprint density at radius 2 is 0.324 bits per heavy atom. The molecule has 0 fully saturated rings. The number of aryl methyl sites for hydroxylation is 4. The van der Waals surface area contributed by atoms with E-state index in [1.807, 2.05) is 0 Å². The Kier molecular flexibility index (Phi) is 85.8. The zero-order valence-corrected chi connectivity index (χ0v) is 78.1. The molecule has 0 N–H and O–H groups in total. The van der Waals surface area contributed by atoms with Gasteiger partial charge in [-0.25, -0.2) is 4.70 Å². The molecule has 0 amide bonds. The van der Waals surface area contributed by atoms with Gasteiger partial charge in [-0.05, 0) is 124 Å². The third-order valence-corrected chi connectivity index (χ3v) is 24.6. The molecule has 0 aliphatic carbocycles. The van der Waals surface area contributed by atoms with E-state index in [9.17, 15) is 5.53 Å². The first-order valence-corrected chi connectivity index (χ1v) is 51.1. The van der Waals surface area contributed by atoms with Crippen molar-refractivity contribution in [3.8, 4) is 0 Å². The summed E-state index contributed by atoms with van der Waals surface area (Å²) in [5.41, 5.74) is 26.4. The summed E-state index contributed by atoms with van der Waals surface area (Å²) < 4.78 is 1.73. The second kappa shape index (κ2) is 87.3. The second-order valence-corrected chi connectivity index (χ2v) is 35.6. The van der Waals surface area contributed by atoms with E-state index >= 15 is 0 Å². The van der Waals surface area contributed by atoms with Gasteiger partial charge in [-0.1, -0.05) is 504 Å². The van der Waals surface area contributed by atoms with Crippen molar-refractivity contribution >= 4 is 11.4 Å². The maximum atomic E-state index is 12.9. The first-order valence-electron chi connectivity index (χ1n) is 51.1. The minimum Gasteiger partial charge on any atom is -0.493 e. The molecular formula is C108H198N2Ni. The summed E-state index contributed by atoms with van der Waals surface area (Å²) in [6, 6.07) is 15.0. The molecule has 0 spiro atoms. The molecule has 1 aliphatic heterocycles. The van der Waals surface area contributed by atoms with Gasteiger partial charge in [0.1, 0.15) is 0 Å². The van der Waals surface area contributed by atoms with Gasteiger partial charge in [0.2, 0.25) is 11.4 Å². The molecular weight excluding hydrogens is 1380 g/mol. The molecule has 0 saturated carbocycles. The zero-order chi connectivity index (χ0) is 79.6. The van der Waals surface area contributed by atoms with Crippen LogP contribution in [0.2, 0.25) is 0 Å². The summed E-state index contributed by atoms with van der Waals surface area (Å²) in [6.45, 7) is 26.3. The Bertz CT molecular complexity index is 2230. The Morgan fingerprint density at radius 3 is 0.514 bits per heavy atom. The fourth-order valence-corrected chi connectivity index (χ4v) is 17.3. The van der Waals surface area contributed by atoms with Crippen molar-refractivity contribution in [3.05, 3.63) is 100 Å². The molecule has 0 unspecified atom stereocenters. The quantitative estimate of drug-likeness (QED) is 0.0273. The Balaban J connectivity index is 0.00000239. The van der Waals surface area contributed by atoms with Crippen molar-refractivity contribution in [3.63, 3.8) is 0 Å². The third-order valence-electron chi connectivity index (χ3n) is 24.6. The first kappa shape index (κ1) is 109. The molecule has 1 aliphatic rings. The van der Waals surface area contributed by atoms with Crippen LogP contribution < -0.4 is 0 Å². The van der Waals surface area contributed by atoms with E-state index in [4.69, 9.17) is 0 Å². The van der Waals surface area contributed by atoms with Gasteiger partial charge >= 0.3 is 16.5 Å². The number of hydrogen-bond acceptors (Lipinski definition) is 0. The number of benzene rings is 2. The van der Waals surface area contributed by atoms with Crippen LogP contribution in [0.25, 0.3) is 16.9 Å². The maximum absolute atomic E-state index is 12.9. The molecule has 0 radical (unpaired) electrons. The topological polar surface area (TPSA) is 25.3 Å². The number of hydrogen-bond donors (Lipinski definition) is 0. The molecule has 3 heteroatoms. The van der Waals surface area contributed by atoms with Gasteiger partial charge in [0.15, 0.2) is 0 Å². The van der Waals surface area contributed by atoms with Crippen molar-refractivity contribution in [2.45, 2.75) is 582 Å². The fraction of sp³-hybridized carbons (Fsp3) is 0.833. The average molecular weight is 1580 g/mol. The van der Waals surface area contributed by atoms with Gasteiger partial charge in [0.25, 0.3) is 0 Å². The summed E-state index contributed by atoms with van der Waals surface area (Å²) in [5.74, 6) is 0. The summed E-state index contributed by atoms with van der Waals surface area (Å²) in [5, 5.41) is 0. The van der Waals surface area contributed by atoms with Crippen LogP contribution >= 0.6 is 0 Å². The maximum Gasteiger partial charge on any atom is 2.00 e. The summed E-state index contributed by atoms with van der Waals surface area (Å²) >= 11 is 0. The first-order chi connectivity index (χ1) is 54.3. The predicted molar refractivity (Wildman–Crippen MR) is 501 cm³/mol. The predicted octanol–water partition coefficient (Wildman–Crippen LogP) is 39.3. The van der Waals surface area contributed by atoms with E-state index in [1.165, 1.54) is 520 Å². The van der Waals surface area contributed by atoms with Crippen LogP contribution in [0.1, 0.15) is 590 Å². The van der Waals surface area contributed by atoms with Crippen molar-refractivity contribution in [2.24, 2.45) is 0 Å². The van der Waals surface area contributed by atoms with Crippen LogP contribution in [-0.2, 0) is 42.2 Å². The number of allylic oxidation sites excluding steroid dienone is 2. The average Bonchev–Trinajstić information content (AvgIpc) is 1.60. The minimum atomic E-state index is 0. The second-order valence-electron chi connectivity index (χ2n) is 35.6. The number of unbranched alkanes of at least 4 members (excludes halogenated alkanes) is 68. The van der Waals surface area contributed by atoms with Crippen LogP contribution in [0, 0.1) is 13.8 Å². The van der Waals surface area contributed by atoms with Crippen molar-refractivity contribution < 1.29 is 21.2 Å². The van der Waals surface area contributed by atoms with Crippen LogP contribution in [0.3, 0.4) is 0 Å². The standard InChI is InChI=1S/C68H116N2.2C20H41.Ni/c1-7-13-19-22-23-24-25-26-27-28-29-30-31-32-33-34-35-36-37-38-39-40-46-52-66-65(51-43-18-12-6)67(63-55-59(47-41-16-10-4)53-61(57-63)49-44-20-14-8-2)70(69)68(66)64-56-60(48-42-17-11-5)54-62(58-64)50-45-21-15-9-3;2*1-3-5-7-9-11-13-15-17-19-20-18-16-14-12-10-8-6-4-2;/h53-58H,7-52H2,1-6H3;2*1,3-20H2,2H3;/q;2*-1;+2. The zero-order valence-electron chi connectivity index (χ0n) is 77.1. The van der Waals surface area contributed by atoms with Crippen molar-refractivity contribution in [1.29, 1.82) is 0 Å². The molecule has 1 heterocycles. The SMILES string of the molecule is CCCCCCCCCCCCCCCCCCCCCCCCCC1=C(c2cc(CCCCC)cc(CCCCCC)c2)[N+](=[N-])C(c2cc(CCCCC)cc(CCCCCC)c2)=C1CCCCC.[CH2-]CCCCCCCCCCCCCCCCCCC.[CH2-]CCCCCCCCCCCCCCCCCCC.[Ni+2]. The Morgan fingerprint density at radius 1 is 0.189 bits per heavy atom. The smallest absolute Gasteiger partial charge is 0.493 e. The van der Waals surface area contributed by atoms with Crippen molar-refractivity contribution in [2.75, 3.05) is 0 Å².